The Labute approximate surface area is 133 Å². The van der Waals surface area contributed by atoms with Gasteiger partial charge in [-0.1, -0.05) is 42.0 Å². The van der Waals surface area contributed by atoms with Gasteiger partial charge in [-0.2, -0.15) is 0 Å². The summed E-state index contributed by atoms with van der Waals surface area (Å²) in [6, 6.07) is 12.7. The molecule has 1 N–H and O–H groups in total. The van der Waals surface area contributed by atoms with E-state index in [1.54, 1.807) is 12.7 Å². The lowest BCUT2D eigenvalue weighted by Crippen LogP contribution is -2.16. The summed E-state index contributed by atoms with van der Waals surface area (Å²) in [6.45, 7) is 1.90. The minimum absolute atomic E-state index is 0.859. The second kappa shape index (κ2) is 7.46. The number of fused-ring (bicyclic) bond motifs is 1. The van der Waals surface area contributed by atoms with E-state index in [4.69, 9.17) is 4.74 Å². The average Bonchev–Trinajstić information content (AvgIpc) is 2.59. The fourth-order valence-corrected chi connectivity index (χ4v) is 3.28. The second-order valence-electron chi connectivity index (χ2n) is 6.00. The van der Waals surface area contributed by atoms with Crippen LogP contribution in [0.5, 0.6) is 5.75 Å². The fourth-order valence-electron chi connectivity index (χ4n) is 3.28. The van der Waals surface area contributed by atoms with Crippen LogP contribution in [0.2, 0.25) is 0 Å². The van der Waals surface area contributed by atoms with Gasteiger partial charge in [-0.05, 0) is 55.5 Å². The third-order valence-electron chi connectivity index (χ3n) is 4.53. The highest BCUT2D eigenvalue weighted by atomic mass is 16.5. The van der Waals surface area contributed by atoms with E-state index < -0.39 is 0 Å². The Balaban J connectivity index is 1.66. The Bertz CT molecular complexity index is 660. The Morgan fingerprint density at radius 1 is 1.09 bits per heavy atom. The zero-order valence-electron chi connectivity index (χ0n) is 13.4. The number of ether oxygens (including phenoxy) is 1. The first-order chi connectivity index (χ1) is 10.9. The molecule has 22 heavy (non-hydrogen) atoms. The van der Waals surface area contributed by atoms with Crippen LogP contribution in [0.1, 0.15) is 37.7 Å². The summed E-state index contributed by atoms with van der Waals surface area (Å²) < 4.78 is 5.55. The minimum atomic E-state index is 0.859. The molecule has 2 aromatic carbocycles. The number of hydrogen-bond donors (Lipinski definition) is 1. The smallest absolute Gasteiger partial charge is 0.123 e. The van der Waals surface area contributed by atoms with Crippen LogP contribution < -0.4 is 10.1 Å². The van der Waals surface area contributed by atoms with Gasteiger partial charge >= 0.3 is 0 Å². The number of nitrogens with one attached hydrogen (secondary N) is 1. The molecule has 0 spiro atoms. The largest absolute Gasteiger partial charge is 0.496 e. The summed E-state index contributed by atoms with van der Waals surface area (Å²) in [4.78, 5) is 0. The number of methoxy groups -OCH3 is 1. The summed E-state index contributed by atoms with van der Waals surface area (Å²) >= 11 is 0. The quantitative estimate of drug-likeness (QED) is 0.609. The van der Waals surface area contributed by atoms with Gasteiger partial charge < -0.3 is 10.1 Å². The molecule has 1 aliphatic rings. The van der Waals surface area contributed by atoms with Crippen LogP contribution in [0.3, 0.4) is 0 Å². The number of hydrogen-bond acceptors (Lipinski definition) is 2. The lowest BCUT2D eigenvalue weighted by Gasteiger charge is -2.15. The molecule has 2 heteroatoms. The van der Waals surface area contributed by atoms with Crippen LogP contribution in [-0.2, 0) is 6.54 Å². The van der Waals surface area contributed by atoms with Gasteiger partial charge in [0.1, 0.15) is 5.75 Å². The molecule has 0 heterocycles. The monoisotopic (exact) mass is 295 g/mol. The van der Waals surface area contributed by atoms with E-state index >= 15 is 0 Å². The molecule has 2 aromatic rings. The van der Waals surface area contributed by atoms with Crippen molar-refractivity contribution < 1.29 is 4.74 Å². The lowest BCUT2D eigenvalue weighted by atomic mass is 9.97. The van der Waals surface area contributed by atoms with Crippen LogP contribution in [0.15, 0.2) is 48.0 Å². The maximum atomic E-state index is 5.55. The molecule has 3 rings (SSSR count). The van der Waals surface area contributed by atoms with Crippen molar-refractivity contribution in [2.45, 2.75) is 38.6 Å². The van der Waals surface area contributed by atoms with Gasteiger partial charge in [0.25, 0.3) is 0 Å². The molecule has 0 bridgehead atoms. The SMILES string of the molecule is COc1ccc2ccccc2c1CNCCC1=CCCCC1. The Kier molecular flexibility index (Phi) is 5.12. The van der Waals surface area contributed by atoms with E-state index in [9.17, 15) is 0 Å². The predicted octanol–water partition coefficient (Wildman–Crippen LogP) is 4.83. The molecule has 116 valence electrons. The van der Waals surface area contributed by atoms with E-state index in [0.717, 1.165) is 18.8 Å². The van der Waals surface area contributed by atoms with Crippen molar-refractivity contribution >= 4 is 10.8 Å². The van der Waals surface area contributed by atoms with Gasteiger partial charge in [-0.3, -0.25) is 0 Å². The van der Waals surface area contributed by atoms with Crippen LogP contribution in [0, 0.1) is 0 Å². The minimum Gasteiger partial charge on any atom is -0.496 e. The molecule has 0 fully saturated rings. The number of rotatable bonds is 6. The van der Waals surface area contributed by atoms with Crippen LogP contribution in [0.4, 0.5) is 0 Å². The average molecular weight is 295 g/mol. The first kappa shape index (κ1) is 15.1. The van der Waals surface area contributed by atoms with Crippen molar-refractivity contribution in [3.05, 3.63) is 53.6 Å². The Hall–Kier alpha value is -1.80. The van der Waals surface area contributed by atoms with Gasteiger partial charge in [0.2, 0.25) is 0 Å². The van der Waals surface area contributed by atoms with Crippen LogP contribution in [0.25, 0.3) is 10.8 Å². The lowest BCUT2D eigenvalue weighted by molar-refractivity contribution is 0.408. The van der Waals surface area contributed by atoms with E-state index in [1.165, 1.54) is 48.4 Å². The molecule has 0 aromatic heterocycles. The Morgan fingerprint density at radius 3 is 2.82 bits per heavy atom. The molecule has 0 saturated carbocycles. The summed E-state index contributed by atoms with van der Waals surface area (Å²) in [7, 11) is 1.75. The zero-order chi connectivity index (χ0) is 15.2. The van der Waals surface area contributed by atoms with E-state index in [2.05, 4.69) is 47.8 Å². The molecule has 0 aliphatic heterocycles. The summed E-state index contributed by atoms with van der Waals surface area (Å²) in [6.07, 6.45) is 8.90. The first-order valence-corrected chi connectivity index (χ1v) is 8.32. The molecule has 0 radical (unpaired) electrons. The van der Waals surface area contributed by atoms with Gasteiger partial charge in [0.15, 0.2) is 0 Å². The molecular weight excluding hydrogens is 270 g/mol. The van der Waals surface area contributed by atoms with Crippen LogP contribution >= 0.6 is 0 Å². The molecule has 0 unspecified atom stereocenters. The Morgan fingerprint density at radius 2 is 2.00 bits per heavy atom. The van der Waals surface area contributed by atoms with Gasteiger partial charge in [-0.25, -0.2) is 0 Å². The summed E-state index contributed by atoms with van der Waals surface area (Å²) in [5.41, 5.74) is 2.89. The highest BCUT2D eigenvalue weighted by molar-refractivity contribution is 5.87. The molecule has 0 amide bonds. The summed E-state index contributed by atoms with van der Waals surface area (Å²) in [5.74, 6) is 0.975. The van der Waals surface area contributed by atoms with Crippen molar-refractivity contribution in [2.24, 2.45) is 0 Å². The van der Waals surface area contributed by atoms with Gasteiger partial charge in [0, 0.05) is 12.1 Å². The van der Waals surface area contributed by atoms with Gasteiger partial charge in [-0.15, -0.1) is 0 Å². The molecule has 0 saturated heterocycles. The molecular formula is C20H25NO. The number of benzene rings is 2. The van der Waals surface area contributed by atoms with E-state index in [-0.39, 0.29) is 0 Å². The highest BCUT2D eigenvalue weighted by Gasteiger charge is 2.08. The van der Waals surface area contributed by atoms with E-state index in [1.807, 2.05) is 0 Å². The van der Waals surface area contributed by atoms with Crippen molar-refractivity contribution in [1.82, 2.24) is 5.32 Å². The van der Waals surface area contributed by atoms with E-state index in [0.29, 0.717) is 0 Å². The summed E-state index contributed by atoms with van der Waals surface area (Å²) in [5, 5.41) is 6.15. The molecule has 1 aliphatic carbocycles. The second-order valence-corrected chi connectivity index (χ2v) is 6.00. The standard InChI is InChI=1S/C20H25NO/c1-22-20-12-11-17-9-5-6-10-18(17)19(20)15-21-14-13-16-7-3-2-4-8-16/h5-7,9-12,21H,2-4,8,13-15H2,1H3. The maximum Gasteiger partial charge on any atom is 0.123 e. The van der Waals surface area contributed by atoms with Crippen molar-refractivity contribution in [1.29, 1.82) is 0 Å². The maximum absolute atomic E-state index is 5.55. The topological polar surface area (TPSA) is 21.3 Å². The third-order valence-corrected chi connectivity index (χ3v) is 4.53. The first-order valence-electron chi connectivity index (χ1n) is 8.32. The van der Waals surface area contributed by atoms with Crippen molar-refractivity contribution in [2.75, 3.05) is 13.7 Å². The number of allylic oxidation sites excluding steroid dienone is 1. The third kappa shape index (κ3) is 3.50. The zero-order valence-corrected chi connectivity index (χ0v) is 13.4. The van der Waals surface area contributed by atoms with Gasteiger partial charge in [0.05, 0.1) is 7.11 Å². The highest BCUT2D eigenvalue weighted by Crippen LogP contribution is 2.28. The van der Waals surface area contributed by atoms with Crippen LogP contribution in [-0.4, -0.2) is 13.7 Å². The fraction of sp³-hybridized carbons (Fsp3) is 0.400. The molecule has 0 atom stereocenters. The molecule has 2 nitrogen and oxygen atoms in total. The van der Waals surface area contributed by atoms with Crippen molar-refractivity contribution in [3.8, 4) is 5.75 Å². The normalized spacial score (nSPS) is 14.9. The predicted molar refractivity (Wildman–Crippen MR) is 93.4 cm³/mol. The van der Waals surface area contributed by atoms with Crippen molar-refractivity contribution in [3.63, 3.8) is 0 Å².